The van der Waals surface area contributed by atoms with Crippen molar-refractivity contribution in [2.75, 3.05) is 13.2 Å². The third-order valence-corrected chi connectivity index (χ3v) is 7.84. The highest BCUT2D eigenvalue weighted by atomic mass is 16.6. The molecule has 5 nitrogen and oxygen atoms in total. The number of carbonyl (C=O) groups is 1. The van der Waals surface area contributed by atoms with Crippen LogP contribution in [0.25, 0.3) is 0 Å². The number of unbranched alkanes of at least 4 members (excludes halogenated alkanes) is 2. The van der Waals surface area contributed by atoms with Crippen molar-refractivity contribution in [2.45, 2.75) is 89.8 Å². The van der Waals surface area contributed by atoms with E-state index in [2.05, 4.69) is 13.0 Å². The van der Waals surface area contributed by atoms with Crippen LogP contribution in [0, 0.1) is 23.7 Å². The van der Waals surface area contributed by atoms with Crippen molar-refractivity contribution >= 4 is 5.97 Å². The molecule has 1 aromatic rings. The summed E-state index contributed by atoms with van der Waals surface area (Å²) in [4.78, 5) is 12.0. The Morgan fingerprint density at radius 3 is 2.81 bits per heavy atom. The molecule has 2 N–H and O–H groups in total. The Labute approximate surface area is 192 Å². The van der Waals surface area contributed by atoms with E-state index in [9.17, 15) is 15.0 Å². The average molecular weight is 445 g/mol. The number of aliphatic hydroxyl groups excluding tert-OH is 2. The van der Waals surface area contributed by atoms with Crippen molar-refractivity contribution in [3.05, 3.63) is 29.3 Å². The Balaban J connectivity index is 1.32. The van der Waals surface area contributed by atoms with Crippen LogP contribution in [0.4, 0.5) is 0 Å². The molecule has 178 valence electrons. The van der Waals surface area contributed by atoms with E-state index < -0.39 is 0 Å². The lowest BCUT2D eigenvalue weighted by Gasteiger charge is -2.32. The Morgan fingerprint density at radius 2 is 2.03 bits per heavy atom. The zero-order valence-corrected chi connectivity index (χ0v) is 19.5. The summed E-state index contributed by atoms with van der Waals surface area (Å²) in [6.45, 7) is 2.66. The highest BCUT2D eigenvalue weighted by Gasteiger charge is 2.44. The monoisotopic (exact) mass is 444 g/mol. The summed E-state index contributed by atoms with van der Waals surface area (Å²) in [7, 11) is 0. The molecule has 3 aliphatic carbocycles. The largest absolute Gasteiger partial charge is 0.482 e. The first-order chi connectivity index (χ1) is 15.5. The molecule has 1 aromatic carbocycles. The van der Waals surface area contributed by atoms with E-state index in [1.807, 2.05) is 12.1 Å². The normalized spacial score (nSPS) is 27.5. The molecule has 0 aliphatic heterocycles. The number of carbonyl (C=O) groups excluding carboxylic acids is 1. The van der Waals surface area contributed by atoms with Gasteiger partial charge >= 0.3 is 5.97 Å². The molecule has 0 heterocycles. The van der Waals surface area contributed by atoms with Crippen LogP contribution in [0.3, 0.4) is 0 Å². The molecular formula is C27H40O5. The Bertz CT molecular complexity index is 758. The van der Waals surface area contributed by atoms with Crippen molar-refractivity contribution in [1.29, 1.82) is 0 Å². The van der Waals surface area contributed by atoms with Gasteiger partial charge in [-0.3, -0.25) is 0 Å². The van der Waals surface area contributed by atoms with Gasteiger partial charge in [-0.25, -0.2) is 4.79 Å². The summed E-state index contributed by atoms with van der Waals surface area (Å²) in [5.74, 6) is 2.20. The van der Waals surface area contributed by atoms with Gasteiger partial charge in [0.25, 0.3) is 0 Å². The number of rotatable bonds is 12. The molecule has 3 aliphatic rings. The minimum atomic E-state index is -0.294. The maximum Gasteiger partial charge on any atom is 0.344 e. The first-order valence-corrected chi connectivity index (χ1v) is 12.8. The lowest BCUT2D eigenvalue weighted by atomic mass is 9.73. The molecule has 0 aromatic heterocycles. The second-order valence-electron chi connectivity index (χ2n) is 10.3. The Hall–Kier alpha value is -1.59. The first-order valence-electron chi connectivity index (χ1n) is 12.8. The number of ether oxygens (including phenoxy) is 2. The minimum absolute atomic E-state index is 0.0432. The predicted molar refractivity (Wildman–Crippen MR) is 124 cm³/mol. The zero-order valence-electron chi connectivity index (χ0n) is 19.5. The van der Waals surface area contributed by atoms with Gasteiger partial charge in [-0.1, -0.05) is 38.3 Å². The number of esters is 1. The molecule has 0 spiro atoms. The lowest BCUT2D eigenvalue weighted by Crippen LogP contribution is -2.28. The van der Waals surface area contributed by atoms with E-state index >= 15 is 0 Å². The number of hydrogen-bond acceptors (Lipinski definition) is 5. The minimum Gasteiger partial charge on any atom is -0.482 e. The number of hydrogen-bond donors (Lipinski definition) is 2. The molecule has 5 atom stereocenters. The van der Waals surface area contributed by atoms with Gasteiger partial charge in [0.15, 0.2) is 6.61 Å². The maximum atomic E-state index is 12.0. The first kappa shape index (κ1) is 23.6. The summed E-state index contributed by atoms with van der Waals surface area (Å²) in [6, 6.07) is 6.11. The Morgan fingerprint density at radius 1 is 1.19 bits per heavy atom. The number of benzene rings is 1. The number of fused-ring (bicyclic) bond motifs is 2. The van der Waals surface area contributed by atoms with Gasteiger partial charge in [-0.2, -0.15) is 0 Å². The van der Waals surface area contributed by atoms with Crippen molar-refractivity contribution < 1.29 is 24.5 Å². The molecule has 0 amide bonds. The van der Waals surface area contributed by atoms with E-state index in [1.54, 1.807) is 0 Å². The zero-order chi connectivity index (χ0) is 22.5. The molecule has 32 heavy (non-hydrogen) atoms. The summed E-state index contributed by atoms with van der Waals surface area (Å²) in [6.07, 6.45) is 10.4. The molecule has 2 fully saturated rings. The summed E-state index contributed by atoms with van der Waals surface area (Å²) < 4.78 is 11.2. The lowest BCUT2D eigenvalue weighted by molar-refractivity contribution is -0.146. The van der Waals surface area contributed by atoms with E-state index in [-0.39, 0.29) is 30.7 Å². The number of aliphatic hydroxyl groups is 2. The van der Waals surface area contributed by atoms with E-state index in [0.29, 0.717) is 24.4 Å². The second-order valence-corrected chi connectivity index (χ2v) is 10.3. The molecule has 0 saturated heterocycles. The molecule has 0 radical (unpaired) electrons. The Kier molecular flexibility index (Phi) is 8.12. The topological polar surface area (TPSA) is 76.0 Å². The van der Waals surface area contributed by atoms with Crippen molar-refractivity contribution in [2.24, 2.45) is 23.7 Å². The quantitative estimate of drug-likeness (QED) is 0.368. The molecule has 0 bridgehead atoms. The van der Waals surface area contributed by atoms with Crippen LogP contribution in [0.1, 0.15) is 75.8 Å². The van der Waals surface area contributed by atoms with Crippen LogP contribution in [-0.2, 0) is 22.4 Å². The highest BCUT2D eigenvalue weighted by molar-refractivity contribution is 5.71. The van der Waals surface area contributed by atoms with Gasteiger partial charge < -0.3 is 19.7 Å². The van der Waals surface area contributed by atoms with Crippen LogP contribution < -0.4 is 4.74 Å². The van der Waals surface area contributed by atoms with Gasteiger partial charge in [0.1, 0.15) is 5.75 Å². The fraction of sp³-hybridized carbons (Fsp3) is 0.741. The van der Waals surface area contributed by atoms with Gasteiger partial charge in [-0.15, -0.1) is 0 Å². The standard InChI is InChI=1S/C27H40O5/c1-2-3-4-7-21(28)11-12-22-23-13-19-6-5-8-26(24(19)14-20(23)15-25(22)29)31-17-27(30)32-16-18-9-10-18/h5-6,8,18,20-23,25,28-29H,2-4,7,9-17H2,1H3/t20-,21+,22?,23-,25+/m0/s1. The SMILES string of the molecule is CCCCC[C@@H](O)CCC1[C@H](O)C[C@@H]2Cc3c(cccc3OCC(=O)OCC3CC3)C[C@H]12. The fourth-order valence-electron chi connectivity index (χ4n) is 5.77. The predicted octanol–water partition coefficient (Wildman–Crippen LogP) is 4.45. The van der Waals surface area contributed by atoms with Gasteiger partial charge in [0.2, 0.25) is 0 Å². The van der Waals surface area contributed by atoms with Gasteiger partial charge in [0, 0.05) is 0 Å². The van der Waals surface area contributed by atoms with E-state index in [1.165, 1.54) is 24.0 Å². The third kappa shape index (κ3) is 6.05. The van der Waals surface area contributed by atoms with Crippen LogP contribution in [-0.4, -0.2) is 41.6 Å². The fourth-order valence-corrected chi connectivity index (χ4v) is 5.77. The smallest absolute Gasteiger partial charge is 0.344 e. The molecular weight excluding hydrogens is 404 g/mol. The van der Waals surface area contributed by atoms with E-state index in [4.69, 9.17) is 9.47 Å². The van der Waals surface area contributed by atoms with Crippen molar-refractivity contribution in [1.82, 2.24) is 0 Å². The highest BCUT2D eigenvalue weighted by Crippen LogP contribution is 2.48. The van der Waals surface area contributed by atoms with Gasteiger partial charge in [0.05, 0.1) is 18.8 Å². The maximum absolute atomic E-state index is 12.0. The van der Waals surface area contributed by atoms with Crippen molar-refractivity contribution in [3.63, 3.8) is 0 Å². The van der Waals surface area contributed by atoms with Crippen LogP contribution in [0.2, 0.25) is 0 Å². The van der Waals surface area contributed by atoms with Crippen molar-refractivity contribution in [3.8, 4) is 5.75 Å². The van der Waals surface area contributed by atoms with Crippen LogP contribution >= 0.6 is 0 Å². The van der Waals surface area contributed by atoms with Gasteiger partial charge in [-0.05, 0) is 92.2 Å². The molecule has 5 heteroatoms. The molecule has 1 unspecified atom stereocenters. The summed E-state index contributed by atoms with van der Waals surface area (Å²) >= 11 is 0. The molecule has 2 saturated carbocycles. The average Bonchev–Trinajstić information content (AvgIpc) is 3.56. The van der Waals surface area contributed by atoms with Crippen LogP contribution in [0.15, 0.2) is 18.2 Å². The second kappa shape index (κ2) is 11.0. The third-order valence-electron chi connectivity index (χ3n) is 7.84. The summed E-state index contributed by atoms with van der Waals surface area (Å²) in [5, 5.41) is 21.2. The molecule has 4 rings (SSSR count). The van der Waals surface area contributed by atoms with E-state index in [0.717, 1.165) is 63.5 Å². The summed E-state index contributed by atoms with van der Waals surface area (Å²) in [5.41, 5.74) is 2.47. The van der Waals surface area contributed by atoms with Crippen LogP contribution in [0.5, 0.6) is 5.75 Å².